The first kappa shape index (κ1) is 11.6. The molecule has 3 rings (SSSR count). The van der Waals surface area contributed by atoms with Crippen molar-refractivity contribution in [2.45, 2.75) is 38.6 Å². The highest BCUT2D eigenvalue weighted by molar-refractivity contribution is 5.97. The Morgan fingerprint density at radius 3 is 2.44 bits per heavy atom. The molecule has 96 valence electrons. The molecule has 2 aliphatic carbocycles. The predicted octanol–water partition coefficient (Wildman–Crippen LogP) is 2.62. The van der Waals surface area contributed by atoms with E-state index in [0.29, 0.717) is 23.4 Å². The zero-order valence-corrected chi connectivity index (χ0v) is 10.6. The predicted molar refractivity (Wildman–Crippen MR) is 69.5 cm³/mol. The molecule has 0 atom stereocenters. The van der Waals surface area contributed by atoms with Crippen molar-refractivity contribution in [1.29, 1.82) is 0 Å². The Morgan fingerprint density at radius 1 is 1.28 bits per heavy atom. The Bertz CT molecular complexity index is 463. The Hall–Kier alpha value is -1.51. The van der Waals surface area contributed by atoms with E-state index in [4.69, 9.17) is 0 Å². The fourth-order valence-electron chi connectivity index (χ4n) is 2.59. The van der Waals surface area contributed by atoms with Gasteiger partial charge in [-0.25, -0.2) is 0 Å². The van der Waals surface area contributed by atoms with E-state index in [-0.39, 0.29) is 11.7 Å². The topological polar surface area (TPSA) is 49.3 Å². The van der Waals surface area contributed by atoms with Crippen molar-refractivity contribution in [2.24, 2.45) is 11.8 Å². The van der Waals surface area contributed by atoms with Gasteiger partial charge in [-0.2, -0.15) is 0 Å². The minimum atomic E-state index is -0.125. The van der Waals surface area contributed by atoms with Gasteiger partial charge in [-0.1, -0.05) is 11.6 Å². The van der Waals surface area contributed by atoms with Crippen molar-refractivity contribution in [3.8, 4) is 5.75 Å². The first-order valence-electron chi connectivity index (χ1n) is 6.75. The maximum atomic E-state index is 12.2. The lowest BCUT2D eigenvalue weighted by Crippen LogP contribution is -2.38. The summed E-state index contributed by atoms with van der Waals surface area (Å²) >= 11 is 0. The highest BCUT2D eigenvalue weighted by atomic mass is 16.3. The summed E-state index contributed by atoms with van der Waals surface area (Å²) in [6, 6.07) is 5.48. The molecule has 1 amide bonds. The summed E-state index contributed by atoms with van der Waals surface area (Å²) in [5, 5.41) is 12.9. The van der Waals surface area contributed by atoms with Crippen LogP contribution < -0.4 is 5.32 Å². The van der Waals surface area contributed by atoms with Crippen LogP contribution in [0.25, 0.3) is 0 Å². The summed E-state index contributed by atoms with van der Waals surface area (Å²) in [6.07, 6.45) is 4.95. The Labute approximate surface area is 107 Å². The van der Waals surface area contributed by atoms with E-state index in [1.165, 1.54) is 25.7 Å². The summed E-state index contributed by atoms with van der Waals surface area (Å²) in [5.74, 6) is 1.30. The number of phenols is 1. The molecule has 0 aliphatic heterocycles. The standard InChI is InChI=1S/C15H19NO2/c1-9-2-7-13(17)12(8-9)15(18)16-14(10-3-4-10)11-5-6-11/h2,7-8,10-11,14,17H,3-6H2,1H3,(H,16,18). The number of aryl methyl sites for hydroxylation is 1. The number of carbonyl (C=O) groups excluding carboxylic acids is 1. The average Bonchev–Trinajstić information content (AvgIpc) is 3.21. The minimum Gasteiger partial charge on any atom is -0.507 e. The molecule has 0 radical (unpaired) electrons. The molecular weight excluding hydrogens is 226 g/mol. The maximum Gasteiger partial charge on any atom is 0.255 e. The van der Waals surface area contributed by atoms with Gasteiger partial charge in [0.2, 0.25) is 0 Å². The number of aromatic hydroxyl groups is 1. The normalized spacial score (nSPS) is 19.0. The number of carbonyl (C=O) groups is 1. The van der Waals surface area contributed by atoms with Crippen LogP contribution in [-0.2, 0) is 0 Å². The van der Waals surface area contributed by atoms with Crippen LogP contribution in [0.5, 0.6) is 5.75 Å². The Kier molecular flexibility index (Phi) is 2.77. The summed E-state index contributed by atoms with van der Waals surface area (Å²) < 4.78 is 0. The average molecular weight is 245 g/mol. The number of benzene rings is 1. The van der Waals surface area contributed by atoms with Gasteiger partial charge in [0.05, 0.1) is 5.56 Å². The smallest absolute Gasteiger partial charge is 0.255 e. The molecular formula is C15H19NO2. The molecule has 1 aromatic carbocycles. The van der Waals surface area contributed by atoms with Crippen LogP contribution in [0.1, 0.15) is 41.6 Å². The van der Waals surface area contributed by atoms with Crippen LogP contribution in [0.2, 0.25) is 0 Å². The largest absolute Gasteiger partial charge is 0.507 e. The van der Waals surface area contributed by atoms with Crippen molar-refractivity contribution in [2.75, 3.05) is 0 Å². The third-order valence-electron chi connectivity index (χ3n) is 3.95. The first-order valence-corrected chi connectivity index (χ1v) is 6.75. The van der Waals surface area contributed by atoms with Gasteiger partial charge in [-0.05, 0) is 56.6 Å². The van der Waals surface area contributed by atoms with E-state index in [0.717, 1.165) is 5.56 Å². The molecule has 0 heterocycles. The molecule has 0 spiro atoms. The fraction of sp³-hybridized carbons (Fsp3) is 0.533. The summed E-state index contributed by atoms with van der Waals surface area (Å²) in [5.41, 5.74) is 1.40. The quantitative estimate of drug-likeness (QED) is 0.856. The zero-order valence-electron chi connectivity index (χ0n) is 10.6. The number of hydrogen-bond acceptors (Lipinski definition) is 2. The molecule has 0 saturated heterocycles. The van der Waals surface area contributed by atoms with Crippen LogP contribution in [0.15, 0.2) is 18.2 Å². The molecule has 1 aromatic rings. The van der Waals surface area contributed by atoms with Gasteiger partial charge in [-0.3, -0.25) is 4.79 Å². The van der Waals surface area contributed by atoms with Crippen LogP contribution in [0.4, 0.5) is 0 Å². The molecule has 2 saturated carbocycles. The van der Waals surface area contributed by atoms with Gasteiger partial charge >= 0.3 is 0 Å². The number of rotatable bonds is 4. The highest BCUT2D eigenvalue weighted by Crippen LogP contribution is 2.44. The number of amides is 1. The van der Waals surface area contributed by atoms with Crippen LogP contribution in [0.3, 0.4) is 0 Å². The molecule has 3 heteroatoms. The number of phenolic OH excluding ortho intramolecular Hbond substituents is 1. The van der Waals surface area contributed by atoms with E-state index in [2.05, 4.69) is 5.32 Å². The second kappa shape index (κ2) is 4.30. The van der Waals surface area contributed by atoms with Crippen molar-refractivity contribution in [3.63, 3.8) is 0 Å². The highest BCUT2D eigenvalue weighted by Gasteiger charge is 2.42. The van der Waals surface area contributed by atoms with Gasteiger partial charge in [0.25, 0.3) is 5.91 Å². The lowest BCUT2D eigenvalue weighted by Gasteiger charge is -2.18. The molecule has 2 aliphatic rings. The molecule has 2 fully saturated rings. The Balaban J connectivity index is 1.75. The zero-order chi connectivity index (χ0) is 12.7. The van der Waals surface area contributed by atoms with E-state index in [1.54, 1.807) is 12.1 Å². The second-order valence-electron chi connectivity index (χ2n) is 5.69. The molecule has 0 bridgehead atoms. The van der Waals surface area contributed by atoms with E-state index < -0.39 is 0 Å². The number of nitrogens with one attached hydrogen (secondary N) is 1. The molecule has 0 unspecified atom stereocenters. The van der Waals surface area contributed by atoms with Crippen LogP contribution in [-0.4, -0.2) is 17.1 Å². The van der Waals surface area contributed by atoms with Gasteiger partial charge in [0.15, 0.2) is 0 Å². The minimum absolute atomic E-state index is 0.0726. The maximum absolute atomic E-state index is 12.2. The van der Waals surface area contributed by atoms with Gasteiger partial charge in [0.1, 0.15) is 5.75 Å². The number of hydrogen-bond donors (Lipinski definition) is 2. The van der Waals surface area contributed by atoms with E-state index >= 15 is 0 Å². The third-order valence-corrected chi connectivity index (χ3v) is 3.95. The van der Waals surface area contributed by atoms with Gasteiger partial charge in [-0.15, -0.1) is 0 Å². The lowest BCUT2D eigenvalue weighted by atomic mass is 10.1. The molecule has 18 heavy (non-hydrogen) atoms. The summed E-state index contributed by atoms with van der Waals surface area (Å²) in [6.45, 7) is 1.93. The first-order chi connectivity index (χ1) is 8.65. The van der Waals surface area contributed by atoms with Crippen molar-refractivity contribution in [3.05, 3.63) is 29.3 Å². The van der Waals surface area contributed by atoms with Crippen molar-refractivity contribution < 1.29 is 9.90 Å². The molecule has 0 aromatic heterocycles. The SMILES string of the molecule is Cc1ccc(O)c(C(=O)NC(C2CC2)C2CC2)c1. The van der Waals surface area contributed by atoms with Crippen LogP contribution in [0, 0.1) is 18.8 Å². The van der Waals surface area contributed by atoms with Gasteiger partial charge < -0.3 is 10.4 Å². The summed E-state index contributed by atoms with van der Waals surface area (Å²) in [4.78, 5) is 12.2. The third kappa shape index (κ3) is 2.35. The Morgan fingerprint density at radius 2 is 1.89 bits per heavy atom. The van der Waals surface area contributed by atoms with E-state index in [9.17, 15) is 9.90 Å². The second-order valence-corrected chi connectivity index (χ2v) is 5.69. The summed E-state index contributed by atoms with van der Waals surface area (Å²) in [7, 11) is 0. The van der Waals surface area contributed by atoms with Gasteiger partial charge in [0, 0.05) is 6.04 Å². The molecule has 2 N–H and O–H groups in total. The van der Waals surface area contributed by atoms with Crippen molar-refractivity contribution >= 4 is 5.91 Å². The van der Waals surface area contributed by atoms with E-state index in [1.807, 2.05) is 13.0 Å². The molecule has 3 nitrogen and oxygen atoms in total. The monoisotopic (exact) mass is 245 g/mol. The fourth-order valence-corrected chi connectivity index (χ4v) is 2.59. The van der Waals surface area contributed by atoms with Crippen LogP contribution >= 0.6 is 0 Å². The van der Waals surface area contributed by atoms with Crippen molar-refractivity contribution in [1.82, 2.24) is 5.32 Å². The lowest BCUT2D eigenvalue weighted by molar-refractivity contribution is 0.0923.